The van der Waals surface area contributed by atoms with Crippen LogP contribution >= 0.6 is 0 Å². The van der Waals surface area contributed by atoms with E-state index < -0.39 is 32.5 Å². The Labute approximate surface area is 294 Å². The average molecular weight is 707 g/mol. The van der Waals surface area contributed by atoms with Gasteiger partial charge in [-0.1, -0.05) is 64.2 Å². The van der Waals surface area contributed by atoms with E-state index in [1.165, 1.54) is 0 Å². The van der Waals surface area contributed by atoms with Crippen molar-refractivity contribution in [1.29, 1.82) is 0 Å². The number of nitro groups is 2. The highest BCUT2D eigenvalue weighted by Crippen LogP contribution is 2.45. The Hall–Kier alpha value is -2.86. The predicted molar refractivity (Wildman–Crippen MR) is 194 cm³/mol. The molecule has 0 aromatic rings. The van der Waals surface area contributed by atoms with Gasteiger partial charge in [0.2, 0.25) is 13.1 Å². The van der Waals surface area contributed by atoms with E-state index in [4.69, 9.17) is 13.9 Å². The SMILES string of the molecule is C/C=C/CCCC(=O)O[C@H]1C[C@@H](C)[C@H](C[N+](=O)[O-])[C@H]1C/C=C/C[C@@H]1[C@@H](C[N+](=O)[O-])[C@H](O[Si](C)(C)C(C)(C)C)C[C@@H]1OC(=O)CCC/C=C/C. The number of unbranched alkanes of at least 4 members (excludes halogenated alkanes) is 2. The van der Waals surface area contributed by atoms with Crippen molar-refractivity contribution in [3.63, 3.8) is 0 Å². The zero-order valence-electron chi connectivity index (χ0n) is 31.1. The van der Waals surface area contributed by atoms with E-state index in [-0.39, 0.29) is 70.0 Å². The second-order valence-electron chi connectivity index (χ2n) is 15.5. The van der Waals surface area contributed by atoms with Gasteiger partial charge < -0.3 is 13.9 Å². The van der Waals surface area contributed by atoms with E-state index in [0.717, 1.165) is 12.8 Å². The van der Waals surface area contributed by atoms with Gasteiger partial charge in [-0.25, -0.2) is 0 Å². The minimum Gasteiger partial charge on any atom is -0.462 e. The summed E-state index contributed by atoms with van der Waals surface area (Å²) in [6, 6.07) is 0. The lowest BCUT2D eigenvalue weighted by molar-refractivity contribution is -0.491. The molecule has 0 unspecified atom stereocenters. The van der Waals surface area contributed by atoms with Gasteiger partial charge in [0.25, 0.3) is 0 Å². The molecule has 2 saturated carbocycles. The highest BCUT2D eigenvalue weighted by Gasteiger charge is 2.51. The molecular formula is C37H62N2O9Si. The number of allylic oxidation sites excluding steroid dienone is 6. The summed E-state index contributed by atoms with van der Waals surface area (Å²) in [6.45, 7) is 16.0. The van der Waals surface area contributed by atoms with Crippen LogP contribution in [0.3, 0.4) is 0 Å². The highest BCUT2D eigenvalue weighted by atomic mass is 28.4. The fourth-order valence-corrected chi connectivity index (χ4v) is 8.48. The fourth-order valence-electron chi connectivity index (χ4n) is 7.10. The molecule has 0 amide bonds. The second kappa shape index (κ2) is 20.1. The topological polar surface area (TPSA) is 148 Å². The van der Waals surface area contributed by atoms with Gasteiger partial charge in [-0.15, -0.1) is 0 Å². The molecule has 49 heavy (non-hydrogen) atoms. The quantitative estimate of drug-likeness (QED) is 0.0303. The lowest BCUT2D eigenvalue weighted by Gasteiger charge is -2.39. The number of hydrogen-bond acceptors (Lipinski definition) is 9. The number of hydrogen-bond donors (Lipinski definition) is 0. The summed E-state index contributed by atoms with van der Waals surface area (Å²) in [5.41, 5.74) is 0. The van der Waals surface area contributed by atoms with Crippen LogP contribution in [0.1, 0.15) is 106 Å². The van der Waals surface area contributed by atoms with E-state index in [0.29, 0.717) is 44.9 Å². The Morgan fingerprint density at radius 3 is 1.63 bits per heavy atom. The number of carbonyl (C=O) groups is 2. The maximum Gasteiger partial charge on any atom is 0.306 e. The molecule has 278 valence electrons. The van der Waals surface area contributed by atoms with E-state index in [2.05, 4.69) is 33.9 Å². The largest absolute Gasteiger partial charge is 0.462 e. The molecule has 0 heterocycles. The lowest BCUT2D eigenvalue weighted by Crippen LogP contribution is -2.46. The molecule has 2 aliphatic carbocycles. The van der Waals surface area contributed by atoms with Gasteiger partial charge in [-0.3, -0.25) is 29.8 Å². The Morgan fingerprint density at radius 1 is 0.735 bits per heavy atom. The molecule has 2 aliphatic rings. The maximum absolute atomic E-state index is 12.9. The molecule has 0 N–H and O–H groups in total. The van der Waals surface area contributed by atoms with Crippen molar-refractivity contribution in [2.24, 2.45) is 29.6 Å². The first-order chi connectivity index (χ1) is 23.0. The Balaban J connectivity index is 2.28. The van der Waals surface area contributed by atoms with Crippen LogP contribution in [0.5, 0.6) is 0 Å². The average Bonchev–Trinajstić information content (AvgIpc) is 3.44. The van der Waals surface area contributed by atoms with Gasteiger partial charge in [0.1, 0.15) is 12.2 Å². The zero-order chi connectivity index (χ0) is 36.8. The summed E-state index contributed by atoms with van der Waals surface area (Å²) in [6.07, 6.45) is 15.8. The van der Waals surface area contributed by atoms with Crippen LogP contribution < -0.4 is 0 Å². The third-order valence-electron chi connectivity index (χ3n) is 10.8. The minimum absolute atomic E-state index is 0.0220. The van der Waals surface area contributed by atoms with Crippen LogP contribution in [-0.4, -0.2) is 61.5 Å². The van der Waals surface area contributed by atoms with Crippen LogP contribution in [0.2, 0.25) is 18.1 Å². The molecule has 0 aromatic carbocycles. The van der Waals surface area contributed by atoms with E-state index in [1.54, 1.807) is 0 Å². The van der Waals surface area contributed by atoms with Crippen molar-refractivity contribution >= 4 is 20.3 Å². The molecular weight excluding hydrogens is 644 g/mol. The Bertz CT molecular complexity index is 1180. The minimum atomic E-state index is -2.30. The maximum atomic E-state index is 12.9. The van der Waals surface area contributed by atoms with Crippen molar-refractivity contribution in [2.45, 2.75) is 142 Å². The molecule has 0 aliphatic heterocycles. The van der Waals surface area contributed by atoms with Crippen LogP contribution in [0.4, 0.5) is 0 Å². The van der Waals surface area contributed by atoms with Crippen LogP contribution in [0.25, 0.3) is 0 Å². The standard InChI is InChI=1S/C37H62N2O9Si/c1-9-11-13-15-21-35(40)46-32-23-27(3)30(25-38(42)43)28(32)19-17-18-20-29-31(26-39(44)45)34(48-49(7,8)37(4,5)6)24-33(29)47-36(41)22-16-14-12-10-2/h9-12,17-18,27-34H,13-16,19-26H2,1-8H3/b11-9+,12-10+,18-17+/t27-,28-,29-,30+,31-,32+,33+,34-/m1/s1. The van der Waals surface area contributed by atoms with Crippen molar-refractivity contribution in [3.05, 3.63) is 56.7 Å². The summed E-state index contributed by atoms with van der Waals surface area (Å²) in [5, 5.41) is 23.4. The Kier molecular flexibility index (Phi) is 17.4. The monoisotopic (exact) mass is 706 g/mol. The molecule has 0 saturated heterocycles. The highest BCUT2D eigenvalue weighted by molar-refractivity contribution is 6.74. The van der Waals surface area contributed by atoms with Crippen molar-refractivity contribution < 1.29 is 33.3 Å². The molecule has 0 radical (unpaired) electrons. The number of ether oxygens (including phenoxy) is 2. The van der Waals surface area contributed by atoms with Crippen LogP contribution in [0, 0.1) is 49.8 Å². The van der Waals surface area contributed by atoms with Gasteiger partial charge in [-0.2, -0.15) is 0 Å². The first-order valence-electron chi connectivity index (χ1n) is 18.2. The molecule has 8 atom stereocenters. The molecule has 2 rings (SSSR count). The molecule has 12 heteroatoms. The molecule has 0 spiro atoms. The Morgan fingerprint density at radius 2 is 1.18 bits per heavy atom. The first kappa shape index (κ1) is 42.3. The number of carbonyl (C=O) groups excluding carboxylic acids is 2. The van der Waals surface area contributed by atoms with Crippen molar-refractivity contribution in [1.82, 2.24) is 0 Å². The summed E-state index contributed by atoms with van der Waals surface area (Å²) >= 11 is 0. The number of esters is 2. The fraction of sp³-hybridized carbons (Fsp3) is 0.784. The summed E-state index contributed by atoms with van der Waals surface area (Å²) in [7, 11) is -2.30. The first-order valence-corrected chi connectivity index (χ1v) is 21.1. The van der Waals surface area contributed by atoms with Crippen molar-refractivity contribution in [3.8, 4) is 0 Å². The van der Waals surface area contributed by atoms with Gasteiger partial charge in [0.15, 0.2) is 8.32 Å². The molecule has 0 bridgehead atoms. The normalized spacial score (nSPS) is 27.8. The van der Waals surface area contributed by atoms with Gasteiger partial charge in [0, 0.05) is 46.9 Å². The van der Waals surface area contributed by atoms with E-state index in [9.17, 15) is 29.8 Å². The van der Waals surface area contributed by atoms with Gasteiger partial charge in [0.05, 0.1) is 12.0 Å². The predicted octanol–water partition coefficient (Wildman–Crippen LogP) is 8.49. The van der Waals surface area contributed by atoms with E-state index in [1.807, 2.05) is 57.2 Å². The van der Waals surface area contributed by atoms with Crippen molar-refractivity contribution in [2.75, 3.05) is 13.1 Å². The van der Waals surface area contributed by atoms with Gasteiger partial charge >= 0.3 is 11.9 Å². The van der Waals surface area contributed by atoms with E-state index >= 15 is 0 Å². The summed E-state index contributed by atoms with van der Waals surface area (Å²) in [4.78, 5) is 48.6. The summed E-state index contributed by atoms with van der Waals surface area (Å²) in [5.74, 6) is -1.79. The molecule has 0 aromatic heterocycles. The molecule has 2 fully saturated rings. The third-order valence-corrected chi connectivity index (χ3v) is 15.3. The summed E-state index contributed by atoms with van der Waals surface area (Å²) < 4.78 is 18.7. The zero-order valence-corrected chi connectivity index (χ0v) is 32.1. The van der Waals surface area contributed by atoms with Crippen LogP contribution in [0.15, 0.2) is 36.5 Å². The lowest BCUT2D eigenvalue weighted by atomic mass is 9.86. The molecule has 11 nitrogen and oxygen atoms in total. The number of rotatable bonds is 20. The smallest absolute Gasteiger partial charge is 0.306 e. The second-order valence-corrected chi connectivity index (χ2v) is 20.2. The van der Waals surface area contributed by atoms with Gasteiger partial charge in [-0.05, 0) is 82.8 Å². The number of nitrogens with zero attached hydrogens (tertiary/aromatic N) is 2. The van der Waals surface area contributed by atoms with Crippen LogP contribution in [-0.2, 0) is 23.5 Å². The third kappa shape index (κ3) is 13.8.